The van der Waals surface area contributed by atoms with Crippen LogP contribution in [0, 0.1) is 13.8 Å². The fourth-order valence-corrected chi connectivity index (χ4v) is 2.20. The lowest BCUT2D eigenvalue weighted by Crippen LogP contribution is -2.20. The fourth-order valence-electron chi connectivity index (χ4n) is 1.78. The third kappa shape index (κ3) is 3.13. The molecule has 0 spiro atoms. The van der Waals surface area contributed by atoms with Gasteiger partial charge in [0.15, 0.2) is 0 Å². The van der Waals surface area contributed by atoms with Crippen LogP contribution in [0.4, 0.5) is 11.4 Å². The van der Waals surface area contributed by atoms with Crippen LogP contribution in [0.1, 0.15) is 11.4 Å². The van der Waals surface area contributed by atoms with Crippen molar-refractivity contribution in [3.05, 3.63) is 39.1 Å². The van der Waals surface area contributed by atoms with E-state index in [1.807, 2.05) is 13.8 Å². The summed E-state index contributed by atoms with van der Waals surface area (Å²) in [7, 11) is 0. The number of nitrogen functional groups attached to an aromatic ring is 1. The van der Waals surface area contributed by atoms with E-state index < -0.39 is 0 Å². The molecule has 0 aliphatic rings. The van der Waals surface area contributed by atoms with Crippen LogP contribution < -0.4 is 11.1 Å². The first-order chi connectivity index (χ1) is 9.38. The number of amides is 1. The number of carbonyl (C=O) groups excluding carboxylic acids is 1. The Kier molecular flexibility index (Phi) is 4.35. The Bertz CT molecular complexity index is 669. The molecule has 3 N–H and O–H groups in total. The molecule has 0 aliphatic carbocycles. The average Bonchev–Trinajstić information content (AvgIpc) is 2.61. The number of benzene rings is 1. The van der Waals surface area contributed by atoms with Crippen molar-refractivity contribution in [3.63, 3.8) is 0 Å². The van der Waals surface area contributed by atoms with Gasteiger partial charge in [0.25, 0.3) is 0 Å². The maximum absolute atomic E-state index is 12.0. The van der Waals surface area contributed by atoms with Gasteiger partial charge in [0.05, 0.1) is 22.1 Å². The van der Waals surface area contributed by atoms with Gasteiger partial charge in [-0.2, -0.15) is 5.10 Å². The number of hydrogen-bond acceptors (Lipinski definition) is 3. The summed E-state index contributed by atoms with van der Waals surface area (Å²) in [5.41, 5.74) is 8.59. The molecule has 2 aromatic rings. The quantitative estimate of drug-likeness (QED) is 0.886. The molecular formula is C13H14BrClN4O. The number of anilines is 2. The Balaban J connectivity index is 2.09. The van der Waals surface area contributed by atoms with Crippen LogP contribution in [0.5, 0.6) is 0 Å². The second-order valence-corrected chi connectivity index (χ2v) is 5.68. The highest BCUT2D eigenvalue weighted by Gasteiger charge is 2.11. The lowest BCUT2D eigenvalue weighted by Gasteiger charge is -2.07. The number of hydrogen-bond donors (Lipinski definition) is 2. The fraction of sp³-hybridized carbons (Fsp3) is 0.231. The van der Waals surface area contributed by atoms with Crippen molar-refractivity contribution in [3.8, 4) is 0 Å². The zero-order valence-corrected chi connectivity index (χ0v) is 13.4. The van der Waals surface area contributed by atoms with Gasteiger partial charge in [0.1, 0.15) is 6.54 Å². The minimum atomic E-state index is -0.186. The molecule has 2 rings (SSSR count). The first-order valence-electron chi connectivity index (χ1n) is 5.93. The van der Waals surface area contributed by atoms with Crippen molar-refractivity contribution in [2.45, 2.75) is 20.4 Å². The second kappa shape index (κ2) is 5.85. The van der Waals surface area contributed by atoms with Crippen molar-refractivity contribution in [1.29, 1.82) is 0 Å². The molecule has 1 amide bonds. The SMILES string of the molecule is Cc1nn(CC(=O)Nc2ccc(Br)c(Cl)c2)c(C)c1N. The van der Waals surface area contributed by atoms with E-state index in [2.05, 4.69) is 26.3 Å². The van der Waals surface area contributed by atoms with Crippen LogP contribution in [-0.2, 0) is 11.3 Å². The molecule has 0 fully saturated rings. The molecule has 0 radical (unpaired) electrons. The predicted molar refractivity (Wildman–Crippen MR) is 83.9 cm³/mol. The van der Waals surface area contributed by atoms with Crippen LogP contribution in [0.2, 0.25) is 5.02 Å². The highest BCUT2D eigenvalue weighted by molar-refractivity contribution is 9.10. The first kappa shape index (κ1) is 14.9. The number of halogens is 2. The van der Waals surface area contributed by atoms with Gasteiger partial charge >= 0.3 is 0 Å². The van der Waals surface area contributed by atoms with Gasteiger partial charge in [-0.15, -0.1) is 0 Å². The Morgan fingerprint density at radius 3 is 2.75 bits per heavy atom. The Morgan fingerprint density at radius 2 is 2.20 bits per heavy atom. The van der Waals surface area contributed by atoms with Crippen LogP contribution in [0.15, 0.2) is 22.7 Å². The van der Waals surface area contributed by atoms with E-state index in [1.54, 1.807) is 22.9 Å². The third-order valence-electron chi connectivity index (χ3n) is 2.93. The molecule has 1 heterocycles. The van der Waals surface area contributed by atoms with Crippen LogP contribution in [-0.4, -0.2) is 15.7 Å². The van der Waals surface area contributed by atoms with E-state index in [-0.39, 0.29) is 12.5 Å². The molecule has 1 aromatic heterocycles. The van der Waals surface area contributed by atoms with Gasteiger partial charge in [-0.25, -0.2) is 0 Å². The number of carbonyl (C=O) groups is 1. The number of rotatable bonds is 3. The number of aryl methyl sites for hydroxylation is 1. The van der Waals surface area contributed by atoms with Gasteiger partial charge in [-0.1, -0.05) is 11.6 Å². The smallest absolute Gasteiger partial charge is 0.246 e. The highest BCUT2D eigenvalue weighted by atomic mass is 79.9. The summed E-state index contributed by atoms with van der Waals surface area (Å²) >= 11 is 9.27. The second-order valence-electron chi connectivity index (χ2n) is 4.42. The van der Waals surface area contributed by atoms with E-state index >= 15 is 0 Å². The van der Waals surface area contributed by atoms with E-state index in [0.29, 0.717) is 16.4 Å². The summed E-state index contributed by atoms with van der Waals surface area (Å²) in [4.78, 5) is 12.0. The average molecular weight is 358 g/mol. The standard InChI is InChI=1S/C13H14BrClN4O/c1-7-13(16)8(2)19(18-7)6-12(20)17-9-3-4-10(14)11(15)5-9/h3-5H,6,16H2,1-2H3,(H,17,20). The topological polar surface area (TPSA) is 72.9 Å². The van der Waals surface area contributed by atoms with Crippen molar-refractivity contribution < 1.29 is 4.79 Å². The lowest BCUT2D eigenvalue weighted by molar-refractivity contribution is -0.116. The first-order valence-corrected chi connectivity index (χ1v) is 7.10. The molecule has 7 heteroatoms. The molecule has 0 saturated heterocycles. The molecule has 0 saturated carbocycles. The minimum Gasteiger partial charge on any atom is -0.396 e. The summed E-state index contributed by atoms with van der Waals surface area (Å²) in [6.07, 6.45) is 0. The molecule has 20 heavy (non-hydrogen) atoms. The molecular weight excluding hydrogens is 344 g/mol. The number of aromatic nitrogens is 2. The molecule has 5 nitrogen and oxygen atoms in total. The Labute approximate surface area is 130 Å². The highest BCUT2D eigenvalue weighted by Crippen LogP contribution is 2.25. The predicted octanol–water partition coefficient (Wildman–Crippen LogP) is 3.14. The number of nitrogens with zero attached hydrogens (tertiary/aromatic N) is 2. The number of nitrogens with one attached hydrogen (secondary N) is 1. The van der Waals surface area contributed by atoms with Gasteiger partial charge in [-0.3, -0.25) is 9.48 Å². The van der Waals surface area contributed by atoms with Crippen molar-refractivity contribution in [1.82, 2.24) is 9.78 Å². The van der Waals surface area contributed by atoms with Gasteiger partial charge in [-0.05, 0) is 48.0 Å². The van der Waals surface area contributed by atoms with Crippen LogP contribution in [0.3, 0.4) is 0 Å². The summed E-state index contributed by atoms with van der Waals surface area (Å²) < 4.78 is 2.36. The van der Waals surface area contributed by atoms with Crippen LogP contribution in [0.25, 0.3) is 0 Å². The maximum atomic E-state index is 12.0. The molecule has 106 valence electrons. The Hall–Kier alpha value is -1.53. The van der Waals surface area contributed by atoms with Gasteiger partial charge < -0.3 is 11.1 Å². The van der Waals surface area contributed by atoms with Crippen molar-refractivity contribution >= 4 is 44.8 Å². The largest absolute Gasteiger partial charge is 0.396 e. The summed E-state index contributed by atoms with van der Waals surface area (Å²) in [5, 5.41) is 7.53. The summed E-state index contributed by atoms with van der Waals surface area (Å²) in [5.74, 6) is -0.186. The zero-order valence-electron chi connectivity index (χ0n) is 11.1. The van der Waals surface area contributed by atoms with Crippen molar-refractivity contribution in [2.75, 3.05) is 11.1 Å². The number of nitrogens with two attached hydrogens (primary N) is 1. The summed E-state index contributed by atoms with van der Waals surface area (Å²) in [6, 6.07) is 5.22. The molecule has 0 atom stereocenters. The molecule has 0 bridgehead atoms. The van der Waals surface area contributed by atoms with Crippen molar-refractivity contribution in [2.24, 2.45) is 0 Å². The van der Waals surface area contributed by atoms with Gasteiger partial charge in [0.2, 0.25) is 5.91 Å². The molecule has 0 unspecified atom stereocenters. The summed E-state index contributed by atoms with van der Waals surface area (Å²) in [6.45, 7) is 3.75. The maximum Gasteiger partial charge on any atom is 0.246 e. The van der Waals surface area contributed by atoms with Crippen LogP contribution >= 0.6 is 27.5 Å². The Morgan fingerprint density at radius 1 is 1.50 bits per heavy atom. The molecule has 1 aromatic carbocycles. The molecule has 0 aliphatic heterocycles. The minimum absolute atomic E-state index is 0.109. The van der Waals surface area contributed by atoms with E-state index in [1.165, 1.54) is 0 Å². The third-order valence-corrected chi connectivity index (χ3v) is 4.17. The zero-order chi connectivity index (χ0) is 14.9. The van der Waals surface area contributed by atoms with E-state index in [9.17, 15) is 4.79 Å². The van der Waals surface area contributed by atoms with Gasteiger partial charge in [0, 0.05) is 10.2 Å². The normalized spacial score (nSPS) is 10.6. The monoisotopic (exact) mass is 356 g/mol. The lowest BCUT2D eigenvalue weighted by atomic mass is 10.3. The van der Waals surface area contributed by atoms with E-state index in [0.717, 1.165) is 15.9 Å². The van der Waals surface area contributed by atoms with E-state index in [4.69, 9.17) is 17.3 Å².